The third kappa shape index (κ3) is 3.62. The molecular weight excluding hydrogens is 280 g/mol. The summed E-state index contributed by atoms with van der Waals surface area (Å²) >= 11 is 0. The van der Waals surface area contributed by atoms with E-state index in [4.69, 9.17) is 4.74 Å². The number of hydrogen-bond donors (Lipinski definition) is 1. The van der Waals surface area contributed by atoms with E-state index in [-0.39, 0.29) is 23.6 Å². The number of benzene rings is 1. The molecule has 1 N–H and O–H groups in total. The summed E-state index contributed by atoms with van der Waals surface area (Å²) in [5, 5.41) is 13.0. The summed E-state index contributed by atoms with van der Waals surface area (Å²) in [6.07, 6.45) is 0.585. The number of nitro groups is 1. The zero-order valence-corrected chi connectivity index (χ0v) is 10.9. The van der Waals surface area contributed by atoms with Gasteiger partial charge in [0.2, 0.25) is 11.7 Å². The zero-order chi connectivity index (χ0) is 15.4. The number of ether oxygens (including phenoxy) is 1. The minimum atomic E-state index is -0.726. The molecule has 1 fully saturated rings. The van der Waals surface area contributed by atoms with Crippen molar-refractivity contribution in [2.24, 2.45) is 0 Å². The van der Waals surface area contributed by atoms with Crippen LogP contribution in [-0.4, -0.2) is 35.2 Å². The van der Waals surface area contributed by atoms with Gasteiger partial charge in [-0.1, -0.05) is 12.1 Å². The van der Waals surface area contributed by atoms with Crippen LogP contribution in [0.15, 0.2) is 24.3 Å². The number of nitrogens with zero attached hydrogens (tertiary/aromatic N) is 1. The van der Waals surface area contributed by atoms with Gasteiger partial charge in [0, 0.05) is 24.1 Å². The highest BCUT2D eigenvalue weighted by Gasteiger charge is 2.28. The Labute approximate surface area is 119 Å². The molecular formula is C13H12N2O6. The van der Waals surface area contributed by atoms with E-state index in [9.17, 15) is 24.5 Å². The molecule has 1 heterocycles. The van der Waals surface area contributed by atoms with Gasteiger partial charge in [-0.3, -0.25) is 19.7 Å². The highest BCUT2D eigenvalue weighted by Crippen LogP contribution is 2.14. The van der Waals surface area contributed by atoms with Gasteiger partial charge in [-0.05, 0) is 6.42 Å². The number of esters is 1. The van der Waals surface area contributed by atoms with Crippen LogP contribution in [0.1, 0.15) is 23.2 Å². The van der Waals surface area contributed by atoms with E-state index in [1.54, 1.807) is 0 Å². The highest BCUT2D eigenvalue weighted by atomic mass is 16.6. The summed E-state index contributed by atoms with van der Waals surface area (Å²) in [5.41, 5.74) is -0.123. The van der Waals surface area contributed by atoms with Gasteiger partial charge in [-0.15, -0.1) is 0 Å². The van der Waals surface area contributed by atoms with E-state index in [0.717, 1.165) is 6.07 Å². The number of nitro benzene ring substituents is 1. The molecule has 1 amide bonds. The van der Waals surface area contributed by atoms with Crippen LogP contribution in [0.2, 0.25) is 0 Å². The fourth-order valence-corrected chi connectivity index (χ4v) is 1.90. The lowest BCUT2D eigenvalue weighted by Gasteiger charge is -2.09. The smallest absolute Gasteiger partial charge is 0.329 e. The van der Waals surface area contributed by atoms with Gasteiger partial charge in [0.15, 0.2) is 6.61 Å². The van der Waals surface area contributed by atoms with Gasteiger partial charge in [-0.25, -0.2) is 4.79 Å². The standard InChI is InChI=1S/C13H12N2O6/c16-11(8-2-1-3-9(6-8)15(19)20)7-21-13(18)10-4-5-12(17)14-10/h1-3,6,10H,4-5,7H2,(H,14,17)/t10-/m0/s1. The summed E-state index contributed by atoms with van der Waals surface area (Å²) in [6.45, 7) is -0.521. The maximum atomic E-state index is 11.8. The molecule has 8 nitrogen and oxygen atoms in total. The number of Topliss-reactive ketones (excluding diaryl/α,β-unsaturated/α-hetero) is 1. The average molecular weight is 292 g/mol. The molecule has 1 saturated heterocycles. The SMILES string of the molecule is O=C1CC[C@@H](C(=O)OCC(=O)c2cccc([N+](=O)[O-])c2)N1. The molecule has 2 rings (SSSR count). The second-order valence-corrected chi connectivity index (χ2v) is 4.50. The van der Waals surface area contributed by atoms with Crippen molar-refractivity contribution < 1.29 is 24.0 Å². The summed E-state index contributed by atoms with van der Waals surface area (Å²) in [7, 11) is 0. The Morgan fingerprint density at radius 2 is 2.19 bits per heavy atom. The number of amides is 1. The Hall–Kier alpha value is -2.77. The summed E-state index contributed by atoms with van der Waals surface area (Å²) < 4.78 is 4.82. The van der Waals surface area contributed by atoms with Crippen molar-refractivity contribution in [3.05, 3.63) is 39.9 Å². The lowest BCUT2D eigenvalue weighted by atomic mass is 10.1. The van der Waals surface area contributed by atoms with Crippen molar-refractivity contribution in [2.45, 2.75) is 18.9 Å². The largest absolute Gasteiger partial charge is 0.456 e. The molecule has 0 saturated carbocycles. The van der Waals surface area contributed by atoms with Gasteiger partial charge in [0.1, 0.15) is 6.04 Å². The molecule has 8 heteroatoms. The van der Waals surface area contributed by atoms with Crippen LogP contribution in [0.25, 0.3) is 0 Å². The molecule has 0 unspecified atom stereocenters. The summed E-state index contributed by atoms with van der Waals surface area (Å²) in [6, 6.07) is 4.44. The molecule has 0 radical (unpaired) electrons. The molecule has 1 atom stereocenters. The van der Waals surface area contributed by atoms with Gasteiger partial charge >= 0.3 is 5.97 Å². The number of non-ortho nitro benzene ring substituents is 1. The topological polar surface area (TPSA) is 116 Å². The molecule has 1 aromatic carbocycles. The van der Waals surface area contributed by atoms with Crippen LogP contribution in [0, 0.1) is 10.1 Å². The monoisotopic (exact) mass is 292 g/mol. The molecule has 110 valence electrons. The maximum absolute atomic E-state index is 11.8. The minimum Gasteiger partial charge on any atom is -0.456 e. The van der Waals surface area contributed by atoms with Crippen LogP contribution in [-0.2, 0) is 14.3 Å². The maximum Gasteiger partial charge on any atom is 0.329 e. The van der Waals surface area contributed by atoms with Gasteiger partial charge in [-0.2, -0.15) is 0 Å². The Bertz CT molecular complexity index is 612. The van der Waals surface area contributed by atoms with Crippen LogP contribution >= 0.6 is 0 Å². The fraction of sp³-hybridized carbons (Fsp3) is 0.308. The Kier molecular flexibility index (Phi) is 4.27. The third-order valence-electron chi connectivity index (χ3n) is 3.00. The quantitative estimate of drug-likeness (QED) is 0.367. The van der Waals surface area contributed by atoms with Crippen molar-refractivity contribution in [3.8, 4) is 0 Å². The number of ketones is 1. The first-order valence-electron chi connectivity index (χ1n) is 6.21. The first kappa shape index (κ1) is 14.6. The number of rotatable bonds is 5. The van der Waals surface area contributed by atoms with Crippen molar-refractivity contribution in [1.82, 2.24) is 5.32 Å². The highest BCUT2D eigenvalue weighted by molar-refractivity contribution is 5.99. The first-order valence-corrected chi connectivity index (χ1v) is 6.21. The molecule has 1 aromatic rings. The van der Waals surface area contributed by atoms with Gasteiger partial charge in [0.05, 0.1) is 4.92 Å². The van der Waals surface area contributed by atoms with Crippen molar-refractivity contribution in [1.29, 1.82) is 0 Å². The molecule has 0 bridgehead atoms. The van der Waals surface area contributed by atoms with Crippen LogP contribution in [0.3, 0.4) is 0 Å². The predicted molar refractivity (Wildman–Crippen MR) is 69.6 cm³/mol. The molecule has 21 heavy (non-hydrogen) atoms. The third-order valence-corrected chi connectivity index (χ3v) is 3.00. The van der Waals surface area contributed by atoms with Crippen LogP contribution in [0.5, 0.6) is 0 Å². The Balaban J connectivity index is 1.92. The van der Waals surface area contributed by atoms with E-state index in [2.05, 4.69) is 5.32 Å². The van der Waals surface area contributed by atoms with E-state index >= 15 is 0 Å². The molecule has 1 aliphatic heterocycles. The van der Waals surface area contributed by atoms with Crippen molar-refractivity contribution in [2.75, 3.05) is 6.61 Å². The second kappa shape index (κ2) is 6.12. The number of carbonyl (C=O) groups excluding carboxylic acids is 3. The number of nitrogens with one attached hydrogen (secondary N) is 1. The summed E-state index contributed by atoms with van der Waals surface area (Å²) in [5.74, 6) is -1.46. The predicted octanol–water partition coefficient (Wildman–Crippen LogP) is 0.599. The van der Waals surface area contributed by atoms with Crippen molar-refractivity contribution >= 4 is 23.3 Å². The lowest BCUT2D eigenvalue weighted by molar-refractivity contribution is -0.384. The summed E-state index contributed by atoms with van der Waals surface area (Å²) in [4.78, 5) is 44.4. The Morgan fingerprint density at radius 3 is 2.81 bits per heavy atom. The molecule has 1 aliphatic rings. The van der Waals surface area contributed by atoms with E-state index in [0.29, 0.717) is 6.42 Å². The normalized spacial score (nSPS) is 17.1. The van der Waals surface area contributed by atoms with E-state index in [1.165, 1.54) is 18.2 Å². The second-order valence-electron chi connectivity index (χ2n) is 4.50. The van der Waals surface area contributed by atoms with Crippen LogP contribution in [0.4, 0.5) is 5.69 Å². The zero-order valence-electron chi connectivity index (χ0n) is 10.9. The number of hydrogen-bond acceptors (Lipinski definition) is 6. The van der Waals surface area contributed by atoms with Gasteiger partial charge in [0.25, 0.3) is 5.69 Å². The molecule has 0 aliphatic carbocycles. The lowest BCUT2D eigenvalue weighted by Crippen LogP contribution is -2.35. The molecule has 0 aromatic heterocycles. The molecule has 0 spiro atoms. The van der Waals surface area contributed by atoms with E-state index < -0.39 is 29.3 Å². The Morgan fingerprint density at radius 1 is 1.43 bits per heavy atom. The minimum absolute atomic E-state index is 0.0902. The van der Waals surface area contributed by atoms with Gasteiger partial charge < -0.3 is 10.1 Å². The number of carbonyl (C=O) groups is 3. The first-order chi connectivity index (χ1) is 9.97. The van der Waals surface area contributed by atoms with Crippen LogP contribution < -0.4 is 5.32 Å². The van der Waals surface area contributed by atoms with Crippen molar-refractivity contribution in [3.63, 3.8) is 0 Å². The average Bonchev–Trinajstić information content (AvgIpc) is 2.91. The van der Waals surface area contributed by atoms with E-state index in [1.807, 2.05) is 0 Å². The fourth-order valence-electron chi connectivity index (χ4n) is 1.90.